The van der Waals surface area contributed by atoms with Gasteiger partial charge in [0, 0.05) is 5.56 Å². The number of fused-ring (bicyclic) bond motifs is 1. The Labute approximate surface area is 103 Å². The molecule has 2 N–H and O–H groups in total. The summed E-state index contributed by atoms with van der Waals surface area (Å²) in [6, 6.07) is 9.85. The molecule has 0 amide bonds. The first-order valence-corrected chi connectivity index (χ1v) is 6.07. The summed E-state index contributed by atoms with van der Waals surface area (Å²) < 4.78 is 0. The van der Waals surface area contributed by atoms with Gasteiger partial charge in [-0.15, -0.1) is 11.3 Å². The highest BCUT2D eigenvalue weighted by Crippen LogP contribution is 2.29. The van der Waals surface area contributed by atoms with E-state index >= 15 is 0 Å². The number of aromatic nitrogens is 2. The topological polar surface area (TPSA) is 51.8 Å². The van der Waals surface area contributed by atoms with E-state index in [1.807, 2.05) is 37.3 Å². The molecule has 0 aliphatic carbocycles. The minimum absolute atomic E-state index is 0.531. The third-order valence-electron chi connectivity index (χ3n) is 2.61. The molecule has 0 bridgehead atoms. The standard InChI is InChI=1S/C13H10N3S/c1-8-7-17-13-10(8)11(14)15-12(16-13)9-5-3-2-4-6-9/h2-6H,1H3,(H2,14,15,16). The number of hydrogen-bond donors (Lipinski definition) is 1. The van der Waals surface area contributed by atoms with Gasteiger partial charge in [-0.1, -0.05) is 30.3 Å². The fraction of sp³-hybridized carbons (Fsp3) is 0.0769. The van der Waals surface area contributed by atoms with Gasteiger partial charge in [-0.3, -0.25) is 0 Å². The lowest BCUT2D eigenvalue weighted by Crippen LogP contribution is -1.96. The van der Waals surface area contributed by atoms with E-state index in [4.69, 9.17) is 5.73 Å². The van der Waals surface area contributed by atoms with Crippen molar-refractivity contribution >= 4 is 27.4 Å². The second-order valence-electron chi connectivity index (χ2n) is 3.81. The zero-order valence-corrected chi connectivity index (χ0v) is 10.1. The first-order chi connectivity index (χ1) is 8.25. The van der Waals surface area contributed by atoms with Crippen LogP contribution in [0.3, 0.4) is 0 Å². The molecule has 0 saturated carbocycles. The predicted molar refractivity (Wildman–Crippen MR) is 70.8 cm³/mol. The van der Waals surface area contributed by atoms with E-state index in [0.717, 1.165) is 21.3 Å². The number of anilines is 1. The van der Waals surface area contributed by atoms with Gasteiger partial charge in [0.25, 0.3) is 0 Å². The molecule has 0 aliphatic rings. The Morgan fingerprint density at radius 1 is 1.18 bits per heavy atom. The molecular weight excluding hydrogens is 230 g/mol. The van der Waals surface area contributed by atoms with Gasteiger partial charge in [0.2, 0.25) is 0 Å². The summed E-state index contributed by atoms with van der Waals surface area (Å²) in [6.45, 7) is 1.97. The van der Waals surface area contributed by atoms with Gasteiger partial charge < -0.3 is 5.73 Å². The maximum Gasteiger partial charge on any atom is 0.163 e. The molecule has 3 aromatic rings. The van der Waals surface area contributed by atoms with Gasteiger partial charge in [0.1, 0.15) is 10.6 Å². The maximum absolute atomic E-state index is 5.98. The van der Waals surface area contributed by atoms with Crippen molar-refractivity contribution in [2.24, 2.45) is 0 Å². The van der Waals surface area contributed by atoms with Crippen LogP contribution in [0.5, 0.6) is 0 Å². The first kappa shape index (κ1) is 10.2. The van der Waals surface area contributed by atoms with E-state index < -0.39 is 0 Å². The van der Waals surface area contributed by atoms with Crippen molar-refractivity contribution in [2.75, 3.05) is 5.73 Å². The minimum Gasteiger partial charge on any atom is -0.383 e. The van der Waals surface area contributed by atoms with Crippen LogP contribution < -0.4 is 5.73 Å². The van der Waals surface area contributed by atoms with Gasteiger partial charge in [-0.05, 0) is 12.5 Å². The highest BCUT2D eigenvalue weighted by molar-refractivity contribution is 7.16. The summed E-state index contributed by atoms with van der Waals surface area (Å²) in [5, 5.41) is 4.08. The minimum atomic E-state index is 0.531. The number of nitrogen functional groups attached to an aromatic ring is 1. The summed E-state index contributed by atoms with van der Waals surface area (Å²) in [5.41, 5.74) is 7.97. The average Bonchev–Trinajstić information content (AvgIpc) is 2.73. The van der Waals surface area contributed by atoms with Crippen LogP contribution in [0.1, 0.15) is 5.56 Å². The number of benzene rings is 1. The zero-order valence-electron chi connectivity index (χ0n) is 9.27. The van der Waals surface area contributed by atoms with Crippen LogP contribution >= 0.6 is 11.3 Å². The second kappa shape index (κ2) is 3.82. The molecule has 0 unspecified atom stereocenters. The number of nitrogens with two attached hydrogens (primary N) is 1. The molecule has 83 valence electrons. The Kier molecular flexibility index (Phi) is 2.30. The van der Waals surface area contributed by atoms with E-state index in [1.165, 1.54) is 11.3 Å². The van der Waals surface area contributed by atoms with Gasteiger partial charge in [0.15, 0.2) is 5.82 Å². The molecule has 2 heterocycles. The first-order valence-electron chi connectivity index (χ1n) is 5.25. The summed E-state index contributed by atoms with van der Waals surface area (Å²) in [6.07, 6.45) is 0. The number of rotatable bonds is 1. The molecule has 3 nitrogen and oxygen atoms in total. The molecular formula is C13H10N3S. The fourth-order valence-corrected chi connectivity index (χ4v) is 2.62. The van der Waals surface area contributed by atoms with Gasteiger partial charge in [0.05, 0.1) is 10.8 Å². The van der Waals surface area contributed by atoms with Crippen molar-refractivity contribution in [1.29, 1.82) is 0 Å². The average molecular weight is 240 g/mol. The largest absolute Gasteiger partial charge is 0.383 e. The normalized spacial score (nSPS) is 10.9. The Balaban J connectivity index is 2.26. The summed E-state index contributed by atoms with van der Waals surface area (Å²) in [5.74, 6) is 1.20. The van der Waals surface area contributed by atoms with Crippen molar-refractivity contribution < 1.29 is 0 Å². The third-order valence-corrected chi connectivity index (χ3v) is 3.51. The van der Waals surface area contributed by atoms with Crippen molar-refractivity contribution in [3.63, 3.8) is 0 Å². The van der Waals surface area contributed by atoms with Crippen LogP contribution in [-0.4, -0.2) is 9.97 Å². The summed E-state index contributed by atoms with van der Waals surface area (Å²) >= 11 is 1.48. The third kappa shape index (κ3) is 1.66. The molecule has 0 aliphatic heterocycles. The molecule has 0 atom stereocenters. The van der Waals surface area contributed by atoms with Gasteiger partial charge in [-0.25, -0.2) is 9.97 Å². The van der Waals surface area contributed by atoms with E-state index in [9.17, 15) is 0 Å². The van der Waals surface area contributed by atoms with Crippen molar-refractivity contribution in [3.05, 3.63) is 41.3 Å². The van der Waals surface area contributed by atoms with E-state index in [-0.39, 0.29) is 0 Å². The summed E-state index contributed by atoms with van der Waals surface area (Å²) in [4.78, 5) is 9.78. The fourth-order valence-electron chi connectivity index (χ4n) is 1.78. The van der Waals surface area contributed by atoms with Crippen LogP contribution in [0.2, 0.25) is 0 Å². The molecule has 4 heteroatoms. The Bertz CT molecular complexity index is 674. The van der Waals surface area contributed by atoms with Crippen LogP contribution in [0.25, 0.3) is 21.6 Å². The Morgan fingerprint density at radius 3 is 2.71 bits per heavy atom. The van der Waals surface area contributed by atoms with Crippen molar-refractivity contribution in [2.45, 2.75) is 6.92 Å². The van der Waals surface area contributed by atoms with E-state index in [0.29, 0.717) is 11.6 Å². The van der Waals surface area contributed by atoms with Crippen molar-refractivity contribution in [1.82, 2.24) is 9.97 Å². The molecule has 3 rings (SSSR count). The van der Waals surface area contributed by atoms with E-state index in [2.05, 4.69) is 15.3 Å². The van der Waals surface area contributed by atoms with Crippen molar-refractivity contribution in [3.8, 4) is 11.4 Å². The van der Waals surface area contributed by atoms with Gasteiger partial charge in [-0.2, -0.15) is 0 Å². The lowest BCUT2D eigenvalue weighted by Gasteiger charge is -2.02. The van der Waals surface area contributed by atoms with E-state index in [1.54, 1.807) is 0 Å². The molecule has 2 aromatic heterocycles. The summed E-state index contributed by atoms with van der Waals surface area (Å²) in [7, 11) is 0. The van der Waals surface area contributed by atoms with Gasteiger partial charge >= 0.3 is 0 Å². The number of aryl methyl sites for hydroxylation is 1. The maximum atomic E-state index is 5.98. The highest BCUT2D eigenvalue weighted by Gasteiger charge is 2.10. The highest BCUT2D eigenvalue weighted by atomic mass is 32.1. The number of hydrogen-bond acceptors (Lipinski definition) is 4. The zero-order chi connectivity index (χ0) is 11.8. The smallest absolute Gasteiger partial charge is 0.163 e. The molecule has 0 fully saturated rings. The molecule has 0 saturated heterocycles. The SMILES string of the molecule is Cc1[c]sc2nc(-c3ccccc3)nc(N)c12. The monoisotopic (exact) mass is 240 g/mol. The number of nitrogens with zero attached hydrogens (tertiary/aromatic N) is 2. The molecule has 1 aromatic carbocycles. The van der Waals surface area contributed by atoms with Crippen LogP contribution in [-0.2, 0) is 0 Å². The Hall–Kier alpha value is -1.94. The molecule has 0 spiro atoms. The molecule has 1 radical (unpaired) electrons. The van der Waals surface area contributed by atoms with Crippen LogP contribution in [0, 0.1) is 12.3 Å². The number of thiophene rings is 1. The lowest BCUT2D eigenvalue weighted by molar-refractivity contribution is 1.24. The predicted octanol–water partition coefficient (Wildman–Crippen LogP) is 3.05. The Morgan fingerprint density at radius 2 is 1.94 bits per heavy atom. The quantitative estimate of drug-likeness (QED) is 0.711. The molecule has 17 heavy (non-hydrogen) atoms. The second-order valence-corrected chi connectivity index (χ2v) is 4.60. The lowest BCUT2D eigenvalue weighted by atomic mass is 10.2. The van der Waals surface area contributed by atoms with Crippen LogP contribution in [0.15, 0.2) is 30.3 Å². The van der Waals surface area contributed by atoms with Crippen LogP contribution in [0.4, 0.5) is 5.82 Å².